The second-order valence-corrected chi connectivity index (χ2v) is 11.4. The van der Waals surface area contributed by atoms with Crippen molar-refractivity contribution in [3.8, 4) is 6.07 Å². The molecule has 0 spiro atoms. The zero-order valence-electron chi connectivity index (χ0n) is 22.7. The van der Waals surface area contributed by atoms with Gasteiger partial charge >= 0.3 is 0 Å². The fraction of sp³-hybridized carbons (Fsp3) is 0.300. The van der Waals surface area contributed by atoms with Crippen LogP contribution >= 0.6 is 23.2 Å². The quantitative estimate of drug-likeness (QED) is 0.297. The predicted octanol–water partition coefficient (Wildman–Crippen LogP) is 6.11. The van der Waals surface area contributed by atoms with Crippen molar-refractivity contribution in [3.63, 3.8) is 0 Å². The van der Waals surface area contributed by atoms with Crippen molar-refractivity contribution in [3.05, 3.63) is 87.5 Å². The van der Waals surface area contributed by atoms with E-state index in [1.54, 1.807) is 0 Å². The molecule has 1 unspecified atom stereocenters. The van der Waals surface area contributed by atoms with Crippen LogP contribution in [0.25, 0.3) is 0 Å². The highest BCUT2D eigenvalue weighted by Gasteiger charge is 2.47. The molecule has 5 rings (SSSR count). The van der Waals surface area contributed by atoms with Gasteiger partial charge in [-0.25, -0.2) is 22.5 Å². The van der Waals surface area contributed by atoms with Gasteiger partial charge in [0.1, 0.15) is 23.5 Å². The maximum atomic E-state index is 14.5. The molecule has 8 nitrogen and oxygen atoms in total. The lowest BCUT2D eigenvalue weighted by atomic mass is 9.87. The Morgan fingerprint density at radius 3 is 2.50 bits per heavy atom. The summed E-state index contributed by atoms with van der Waals surface area (Å²) in [7, 11) is 0. The highest BCUT2D eigenvalue weighted by atomic mass is 35.5. The first-order chi connectivity index (χ1) is 20.9. The molecule has 1 aliphatic heterocycles. The van der Waals surface area contributed by atoms with Gasteiger partial charge in [-0.05, 0) is 36.8 Å². The molecule has 1 aliphatic carbocycles. The van der Waals surface area contributed by atoms with Gasteiger partial charge in [0.2, 0.25) is 17.7 Å². The fourth-order valence-corrected chi connectivity index (χ4v) is 5.87. The van der Waals surface area contributed by atoms with E-state index in [1.807, 2.05) is 6.07 Å². The summed E-state index contributed by atoms with van der Waals surface area (Å²) in [6, 6.07) is 7.86. The third-order valence-electron chi connectivity index (χ3n) is 7.47. The van der Waals surface area contributed by atoms with E-state index in [-0.39, 0.29) is 51.4 Å². The first-order valence-corrected chi connectivity index (χ1v) is 14.2. The zero-order chi connectivity index (χ0) is 31.8. The van der Waals surface area contributed by atoms with E-state index >= 15 is 0 Å². The molecule has 2 atom stereocenters. The molecule has 2 aliphatic rings. The SMILES string of the molecule is N#Cc1ccnc(N2C(=O)CC[C@H]2CC(=O)N(c2cc(F)cc(F)c2)C(C(=O)NC2CC(F)(F)C2)c2cccc(Cl)c2Cl)c1. The summed E-state index contributed by atoms with van der Waals surface area (Å²) in [5, 5.41) is 11.7. The molecule has 44 heavy (non-hydrogen) atoms. The molecule has 3 aromatic rings. The van der Waals surface area contributed by atoms with Crippen molar-refractivity contribution < 1.29 is 31.9 Å². The molecular formula is C30H23Cl2F4N5O3. The van der Waals surface area contributed by atoms with Gasteiger partial charge in [-0.1, -0.05) is 35.3 Å². The summed E-state index contributed by atoms with van der Waals surface area (Å²) >= 11 is 12.7. The second-order valence-electron chi connectivity index (χ2n) is 10.6. The van der Waals surface area contributed by atoms with Crippen LogP contribution < -0.4 is 15.1 Å². The lowest BCUT2D eigenvalue weighted by Crippen LogP contribution is -2.54. The number of nitrogens with one attached hydrogen (secondary N) is 1. The Hall–Kier alpha value is -4.21. The van der Waals surface area contributed by atoms with Crippen LogP contribution in [-0.2, 0) is 14.4 Å². The molecule has 3 amide bonds. The van der Waals surface area contributed by atoms with Crippen molar-refractivity contribution in [2.75, 3.05) is 9.80 Å². The first-order valence-electron chi connectivity index (χ1n) is 13.5. The van der Waals surface area contributed by atoms with Crippen molar-refractivity contribution in [2.24, 2.45) is 0 Å². The lowest BCUT2D eigenvalue weighted by Gasteiger charge is -2.38. The average Bonchev–Trinajstić information content (AvgIpc) is 3.31. The van der Waals surface area contributed by atoms with E-state index in [1.165, 1.54) is 41.4 Å². The van der Waals surface area contributed by atoms with E-state index in [4.69, 9.17) is 23.2 Å². The Balaban J connectivity index is 1.57. The number of rotatable bonds is 8. The maximum absolute atomic E-state index is 14.5. The average molecular weight is 648 g/mol. The number of hydrogen-bond donors (Lipinski definition) is 1. The Kier molecular flexibility index (Phi) is 8.81. The van der Waals surface area contributed by atoms with Gasteiger partial charge in [-0.3, -0.25) is 24.2 Å². The number of aromatic nitrogens is 1. The molecule has 0 radical (unpaired) electrons. The molecule has 1 N–H and O–H groups in total. The molecular weight excluding hydrogens is 625 g/mol. The number of halogens is 6. The molecule has 0 bridgehead atoms. The lowest BCUT2D eigenvalue weighted by molar-refractivity contribution is -0.133. The number of carbonyl (C=O) groups excluding carboxylic acids is 3. The van der Waals surface area contributed by atoms with E-state index in [9.17, 15) is 37.2 Å². The Morgan fingerprint density at radius 1 is 1.14 bits per heavy atom. The van der Waals surface area contributed by atoms with Gasteiger partial charge in [0.15, 0.2) is 0 Å². The monoisotopic (exact) mass is 647 g/mol. The standard InChI is InChI=1S/C30H23Cl2F4N5O3/c31-23-3-1-2-22(27(23)32)28(29(44)39-19-13-30(35,36)14-19)41(21-10-17(33)9-18(34)11-21)26(43)12-20-4-5-25(42)40(20)24-8-16(15-37)6-7-38-24/h1-3,6-11,19-20,28H,4-5,12-14H2,(H,39,44)/t20-,28?/m0/s1. The number of benzene rings is 2. The fourth-order valence-electron chi connectivity index (χ4n) is 5.46. The Bertz CT molecular complexity index is 1660. The predicted molar refractivity (Wildman–Crippen MR) is 153 cm³/mol. The van der Waals surface area contributed by atoms with Crippen LogP contribution in [0.1, 0.15) is 49.3 Å². The highest BCUT2D eigenvalue weighted by Crippen LogP contribution is 2.40. The van der Waals surface area contributed by atoms with Crippen LogP contribution in [0.15, 0.2) is 54.7 Å². The van der Waals surface area contributed by atoms with Crippen LogP contribution in [0.2, 0.25) is 10.0 Å². The summed E-state index contributed by atoms with van der Waals surface area (Å²) in [6.45, 7) is 0. The number of nitriles is 1. The zero-order valence-corrected chi connectivity index (χ0v) is 24.3. The number of anilines is 2. The van der Waals surface area contributed by atoms with Gasteiger partial charge in [0, 0.05) is 55.6 Å². The summed E-state index contributed by atoms with van der Waals surface area (Å²) in [6.07, 6.45) is -0.126. The van der Waals surface area contributed by atoms with Gasteiger partial charge in [-0.2, -0.15) is 5.26 Å². The van der Waals surface area contributed by atoms with Crippen molar-refractivity contribution in [1.82, 2.24) is 10.3 Å². The Morgan fingerprint density at radius 2 is 1.84 bits per heavy atom. The third kappa shape index (κ3) is 6.49. The van der Waals surface area contributed by atoms with E-state index in [2.05, 4.69) is 10.3 Å². The minimum absolute atomic E-state index is 0.00554. The van der Waals surface area contributed by atoms with Gasteiger partial charge in [0.25, 0.3) is 5.92 Å². The molecule has 1 saturated carbocycles. The molecule has 2 heterocycles. The van der Waals surface area contributed by atoms with Crippen LogP contribution in [0.3, 0.4) is 0 Å². The summed E-state index contributed by atoms with van der Waals surface area (Å²) in [5.41, 5.74) is -0.155. The molecule has 1 aromatic heterocycles. The Labute approximate surface area is 259 Å². The minimum Gasteiger partial charge on any atom is -0.351 e. The topological polar surface area (TPSA) is 106 Å². The van der Waals surface area contributed by atoms with Gasteiger partial charge in [-0.15, -0.1) is 0 Å². The number of amides is 3. The smallest absolute Gasteiger partial charge is 0.252 e. The normalized spacial score (nSPS) is 18.3. The molecule has 2 aromatic carbocycles. The van der Waals surface area contributed by atoms with Crippen LogP contribution in [-0.4, -0.2) is 40.7 Å². The van der Waals surface area contributed by atoms with Crippen LogP contribution in [0.4, 0.5) is 29.1 Å². The number of carbonyl (C=O) groups is 3. The molecule has 228 valence electrons. The summed E-state index contributed by atoms with van der Waals surface area (Å²) in [4.78, 5) is 47.2. The number of pyridine rings is 1. The van der Waals surface area contributed by atoms with Crippen LogP contribution in [0, 0.1) is 23.0 Å². The highest BCUT2D eigenvalue weighted by molar-refractivity contribution is 6.42. The summed E-state index contributed by atoms with van der Waals surface area (Å²) in [5.74, 6) is -7.09. The van der Waals surface area contributed by atoms with Crippen LogP contribution in [0.5, 0.6) is 0 Å². The second kappa shape index (κ2) is 12.4. The number of hydrogen-bond acceptors (Lipinski definition) is 5. The maximum Gasteiger partial charge on any atom is 0.252 e. The summed E-state index contributed by atoms with van der Waals surface area (Å²) < 4.78 is 56.3. The van der Waals surface area contributed by atoms with Gasteiger partial charge in [0.05, 0.1) is 27.4 Å². The van der Waals surface area contributed by atoms with Crippen molar-refractivity contribution in [1.29, 1.82) is 5.26 Å². The first kappa shape index (κ1) is 31.2. The molecule has 1 saturated heterocycles. The van der Waals surface area contributed by atoms with Gasteiger partial charge < -0.3 is 5.32 Å². The number of nitrogens with zero attached hydrogens (tertiary/aromatic N) is 4. The van der Waals surface area contributed by atoms with E-state index in [0.717, 1.165) is 17.0 Å². The van der Waals surface area contributed by atoms with E-state index < -0.39 is 66.8 Å². The van der Waals surface area contributed by atoms with Crippen molar-refractivity contribution in [2.45, 2.75) is 56.2 Å². The number of alkyl halides is 2. The van der Waals surface area contributed by atoms with E-state index in [0.29, 0.717) is 6.07 Å². The molecule has 14 heteroatoms. The molecule has 2 fully saturated rings. The van der Waals surface area contributed by atoms with Crippen molar-refractivity contribution >= 4 is 52.4 Å². The largest absolute Gasteiger partial charge is 0.351 e. The minimum atomic E-state index is -2.97. The third-order valence-corrected chi connectivity index (χ3v) is 8.30.